The van der Waals surface area contributed by atoms with Crippen LogP contribution in [0.5, 0.6) is 0 Å². The summed E-state index contributed by atoms with van der Waals surface area (Å²) in [7, 11) is 0. The van der Waals surface area contributed by atoms with Gasteiger partial charge in [0.2, 0.25) is 11.8 Å². The number of rotatable bonds is 7. The number of aliphatic carboxylic acids is 1. The van der Waals surface area contributed by atoms with Crippen LogP contribution in [0, 0.1) is 0 Å². The van der Waals surface area contributed by atoms with E-state index in [9.17, 15) is 14.7 Å². The van der Waals surface area contributed by atoms with Crippen molar-refractivity contribution < 1.29 is 23.8 Å². The second-order valence-corrected chi connectivity index (χ2v) is 8.73. The van der Waals surface area contributed by atoms with Gasteiger partial charge in [0.1, 0.15) is 11.6 Å². The lowest BCUT2D eigenvalue weighted by Gasteiger charge is -2.21. The van der Waals surface area contributed by atoms with Crippen molar-refractivity contribution >= 4 is 23.8 Å². The number of hydrogen-bond acceptors (Lipinski definition) is 7. The molecule has 0 aliphatic heterocycles. The predicted octanol–water partition coefficient (Wildman–Crippen LogP) is 2.97. The molecule has 0 aliphatic carbocycles. The van der Waals surface area contributed by atoms with Crippen LogP contribution in [0.2, 0.25) is 0 Å². The molecule has 8 nitrogen and oxygen atoms in total. The minimum atomic E-state index is -1.10. The van der Waals surface area contributed by atoms with Crippen LogP contribution < -0.4 is 5.32 Å². The third-order valence-corrected chi connectivity index (χ3v) is 3.85. The van der Waals surface area contributed by atoms with E-state index in [-0.39, 0.29) is 11.8 Å². The highest BCUT2D eigenvalue weighted by molar-refractivity contribution is 7.98. The quantitative estimate of drug-likeness (QED) is 0.701. The lowest BCUT2D eigenvalue weighted by molar-refractivity contribution is -0.139. The van der Waals surface area contributed by atoms with Crippen LogP contribution >= 0.6 is 11.8 Å². The van der Waals surface area contributed by atoms with E-state index in [2.05, 4.69) is 15.5 Å². The van der Waals surface area contributed by atoms with Gasteiger partial charge in [-0.15, -0.1) is 10.2 Å². The van der Waals surface area contributed by atoms with Crippen molar-refractivity contribution in [2.45, 2.75) is 70.8 Å². The maximum atomic E-state index is 11.7. The molecule has 0 saturated carbocycles. The maximum Gasteiger partial charge on any atom is 0.408 e. The third-order valence-electron chi connectivity index (χ3n) is 2.87. The topological polar surface area (TPSA) is 115 Å². The lowest BCUT2D eigenvalue weighted by Crippen LogP contribution is -2.43. The van der Waals surface area contributed by atoms with Crippen molar-refractivity contribution in [3.63, 3.8) is 0 Å². The summed E-state index contributed by atoms with van der Waals surface area (Å²) in [5.74, 6) is 0.973. The van der Waals surface area contributed by atoms with E-state index in [1.54, 1.807) is 20.8 Å². The molecular formula is C16H27N3O5S. The van der Waals surface area contributed by atoms with Crippen LogP contribution in [0.3, 0.4) is 0 Å². The highest BCUT2D eigenvalue weighted by Gasteiger charge is 2.24. The average molecular weight is 373 g/mol. The summed E-state index contributed by atoms with van der Waals surface area (Å²) in [6.45, 7) is 11.1. The molecule has 1 atom stereocenters. The minimum absolute atomic E-state index is 0.207. The van der Waals surface area contributed by atoms with E-state index < -0.39 is 23.7 Å². The Labute approximate surface area is 152 Å². The summed E-state index contributed by atoms with van der Waals surface area (Å²) >= 11 is 1.46. The number of thioether (sulfide) groups is 1. The van der Waals surface area contributed by atoms with Gasteiger partial charge < -0.3 is 19.6 Å². The molecule has 0 aliphatic rings. The molecule has 1 rings (SSSR count). The number of nitrogens with one attached hydrogen (secondary N) is 1. The molecule has 25 heavy (non-hydrogen) atoms. The summed E-state index contributed by atoms with van der Waals surface area (Å²) in [6.07, 6.45) is -0.476. The molecule has 0 spiro atoms. The fourth-order valence-electron chi connectivity index (χ4n) is 1.68. The number of carbonyl (C=O) groups excluding carboxylic acids is 1. The van der Waals surface area contributed by atoms with Crippen molar-refractivity contribution in [2.24, 2.45) is 0 Å². The molecule has 142 valence electrons. The van der Waals surface area contributed by atoms with E-state index in [4.69, 9.17) is 9.15 Å². The molecule has 0 aromatic carbocycles. The fourth-order valence-corrected chi connectivity index (χ4v) is 2.52. The highest BCUT2D eigenvalue weighted by Crippen LogP contribution is 2.22. The summed E-state index contributed by atoms with van der Waals surface area (Å²) in [5, 5.41) is 19.6. The Kier molecular flexibility index (Phi) is 7.28. The summed E-state index contributed by atoms with van der Waals surface area (Å²) in [4.78, 5) is 22.9. The molecule has 2 N–H and O–H groups in total. The number of carbonyl (C=O) groups is 2. The van der Waals surface area contributed by atoms with E-state index in [1.807, 2.05) is 20.8 Å². The number of ether oxygens (including phenoxy) is 1. The Morgan fingerprint density at radius 2 is 1.88 bits per heavy atom. The SMILES string of the molecule is CC(C)(C)OC(=O)NC(CCSCc1nnc(C(C)(C)C)o1)C(=O)O. The monoisotopic (exact) mass is 373 g/mol. The smallest absolute Gasteiger partial charge is 0.408 e. The van der Waals surface area contributed by atoms with Crippen molar-refractivity contribution in [3.05, 3.63) is 11.8 Å². The van der Waals surface area contributed by atoms with Gasteiger partial charge in [0.05, 0.1) is 5.75 Å². The normalized spacial score (nSPS) is 13.4. The van der Waals surface area contributed by atoms with E-state index >= 15 is 0 Å². The lowest BCUT2D eigenvalue weighted by atomic mass is 9.97. The zero-order chi connectivity index (χ0) is 19.3. The van der Waals surface area contributed by atoms with Crippen LogP contribution in [0.1, 0.15) is 59.7 Å². The molecule has 9 heteroatoms. The first-order valence-corrected chi connectivity index (χ1v) is 9.17. The molecule has 1 amide bonds. The number of alkyl carbamates (subject to hydrolysis) is 1. The first kappa shape index (κ1) is 21.3. The van der Waals surface area contributed by atoms with Gasteiger partial charge in [-0.1, -0.05) is 20.8 Å². The molecular weight excluding hydrogens is 346 g/mol. The maximum absolute atomic E-state index is 11.7. The van der Waals surface area contributed by atoms with Crippen molar-refractivity contribution in [3.8, 4) is 0 Å². The van der Waals surface area contributed by atoms with Crippen LogP contribution in [-0.2, 0) is 20.7 Å². The number of carboxylic acids is 1. The van der Waals surface area contributed by atoms with Crippen LogP contribution in [0.25, 0.3) is 0 Å². The van der Waals surface area contributed by atoms with E-state index in [1.165, 1.54) is 11.8 Å². The molecule has 1 heterocycles. The summed E-state index contributed by atoms with van der Waals surface area (Å²) in [6, 6.07) is -1.00. The number of carboxylic acid groups (broad SMARTS) is 1. The Morgan fingerprint density at radius 1 is 1.24 bits per heavy atom. The summed E-state index contributed by atoms with van der Waals surface area (Å²) in [5.41, 5.74) is -0.883. The second kappa shape index (κ2) is 8.55. The Morgan fingerprint density at radius 3 is 2.36 bits per heavy atom. The summed E-state index contributed by atoms with van der Waals surface area (Å²) < 4.78 is 10.6. The zero-order valence-corrected chi connectivity index (χ0v) is 16.4. The van der Waals surface area contributed by atoms with Crippen LogP contribution in [-0.4, -0.2) is 44.8 Å². The molecule has 0 bridgehead atoms. The van der Waals surface area contributed by atoms with Crippen molar-refractivity contribution in [2.75, 3.05) is 5.75 Å². The first-order chi connectivity index (χ1) is 11.4. The Hall–Kier alpha value is -1.77. The highest BCUT2D eigenvalue weighted by atomic mass is 32.2. The minimum Gasteiger partial charge on any atom is -0.480 e. The van der Waals surface area contributed by atoms with Gasteiger partial charge in [0.15, 0.2) is 0 Å². The zero-order valence-electron chi connectivity index (χ0n) is 15.6. The van der Waals surface area contributed by atoms with Gasteiger partial charge in [-0.05, 0) is 32.9 Å². The van der Waals surface area contributed by atoms with Gasteiger partial charge in [-0.2, -0.15) is 11.8 Å². The van der Waals surface area contributed by atoms with Crippen molar-refractivity contribution in [1.82, 2.24) is 15.5 Å². The predicted molar refractivity (Wildman–Crippen MR) is 94.6 cm³/mol. The molecule has 0 radical (unpaired) electrons. The molecule has 0 fully saturated rings. The van der Waals surface area contributed by atoms with Gasteiger partial charge >= 0.3 is 12.1 Å². The average Bonchev–Trinajstić information content (AvgIpc) is 2.88. The standard InChI is InChI=1S/C16H27N3O5S/c1-15(2,3)13-19-18-11(23-13)9-25-8-7-10(12(20)21)17-14(22)24-16(4,5)6/h10H,7-9H2,1-6H3,(H,17,22)(H,20,21). The van der Waals surface area contributed by atoms with Crippen molar-refractivity contribution in [1.29, 1.82) is 0 Å². The van der Waals surface area contributed by atoms with Gasteiger partial charge in [0, 0.05) is 5.41 Å². The molecule has 1 unspecified atom stereocenters. The molecule has 1 aromatic rings. The fraction of sp³-hybridized carbons (Fsp3) is 0.750. The molecule has 0 saturated heterocycles. The first-order valence-electron chi connectivity index (χ1n) is 8.01. The van der Waals surface area contributed by atoms with Crippen LogP contribution in [0.15, 0.2) is 4.42 Å². The number of amides is 1. The van der Waals surface area contributed by atoms with E-state index in [0.29, 0.717) is 23.3 Å². The molecule has 1 aromatic heterocycles. The van der Waals surface area contributed by atoms with E-state index in [0.717, 1.165) is 0 Å². The number of nitrogens with zero attached hydrogens (tertiary/aromatic N) is 2. The third kappa shape index (κ3) is 8.24. The van der Waals surface area contributed by atoms with Crippen LogP contribution in [0.4, 0.5) is 4.79 Å². The van der Waals surface area contributed by atoms with Gasteiger partial charge in [-0.25, -0.2) is 9.59 Å². The number of aromatic nitrogens is 2. The van der Waals surface area contributed by atoms with Gasteiger partial charge in [-0.3, -0.25) is 0 Å². The second-order valence-electron chi connectivity index (χ2n) is 7.63. The largest absolute Gasteiger partial charge is 0.480 e. The Balaban J connectivity index is 2.42. The van der Waals surface area contributed by atoms with Gasteiger partial charge in [0.25, 0.3) is 0 Å². The number of hydrogen-bond donors (Lipinski definition) is 2. The Bertz CT molecular complexity index is 589.